The Morgan fingerprint density at radius 2 is 1.93 bits per heavy atom. The van der Waals surface area contributed by atoms with Crippen LogP contribution >= 0.6 is 23.6 Å². The van der Waals surface area contributed by atoms with Gasteiger partial charge in [0, 0.05) is 0 Å². The first-order chi connectivity index (χ1) is 13.0. The van der Waals surface area contributed by atoms with Crippen LogP contribution in [0.15, 0.2) is 42.5 Å². The lowest BCUT2D eigenvalue weighted by atomic mass is 10.1. The van der Waals surface area contributed by atoms with Crippen molar-refractivity contribution in [1.29, 1.82) is 0 Å². The maximum Gasteiger partial charge on any atom is 0.225 e. The summed E-state index contributed by atoms with van der Waals surface area (Å²) in [7, 11) is 2.12. The van der Waals surface area contributed by atoms with E-state index < -0.39 is 0 Å². The van der Waals surface area contributed by atoms with Crippen LogP contribution in [0.5, 0.6) is 0 Å². The molecule has 0 fully saturated rings. The quantitative estimate of drug-likeness (QED) is 0.526. The second-order valence-electron chi connectivity index (χ2n) is 6.83. The molecule has 0 spiro atoms. The average molecular weight is 398 g/mol. The first kappa shape index (κ1) is 18.0. The summed E-state index contributed by atoms with van der Waals surface area (Å²) in [4.78, 5) is 5.96. The van der Waals surface area contributed by atoms with Crippen molar-refractivity contribution in [3.05, 3.63) is 63.4 Å². The number of fused-ring (bicyclic) bond motifs is 1. The van der Waals surface area contributed by atoms with Crippen LogP contribution in [0.2, 0.25) is 0 Å². The Labute approximate surface area is 166 Å². The van der Waals surface area contributed by atoms with Crippen molar-refractivity contribution in [2.24, 2.45) is 0 Å². The van der Waals surface area contributed by atoms with Gasteiger partial charge in [0.15, 0.2) is 6.67 Å². The molecule has 4 rings (SSSR count). The maximum atomic E-state index is 5.62. The summed E-state index contributed by atoms with van der Waals surface area (Å²) < 4.78 is 5.34. The molecule has 8 heteroatoms. The summed E-state index contributed by atoms with van der Waals surface area (Å²) in [5.74, 6) is 0. The van der Waals surface area contributed by atoms with Gasteiger partial charge in [-0.05, 0) is 65.8 Å². The lowest BCUT2D eigenvalue weighted by Gasteiger charge is -2.11. The Hall–Kier alpha value is -2.42. The first-order valence-electron chi connectivity index (χ1n) is 8.77. The fourth-order valence-electron chi connectivity index (χ4n) is 3.04. The van der Waals surface area contributed by atoms with Gasteiger partial charge in [-0.1, -0.05) is 24.3 Å². The SMILES string of the molecule is Cc1ccc(C)c(-n2nnn(C[NH+](C)Cc3nc4ccccc4s3)c2=S)c1. The number of benzene rings is 2. The van der Waals surface area contributed by atoms with Crippen LogP contribution in [-0.2, 0) is 13.2 Å². The minimum absolute atomic E-state index is 0.604. The standard InChI is InChI=1S/C19H20N6S2/c1-13-8-9-14(2)16(10-13)25-19(26)24(21-22-25)12-23(3)11-18-20-15-6-4-5-7-17(15)27-18/h4-10H,11-12H2,1-3H3/p+1. The van der Waals surface area contributed by atoms with Crippen molar-refractivity contribution in [1.82, 2.24) is 24.8 Å². The van der Waals surface area contributed by atoms with Crippen LogP contribution in [-0.4, -0.2) is 31.8 Å². The largest absolute Gasteiger partial charge is 0.313 e. The smallest absolute Gasteiger partial charge is 0.225 e. The molecule has 2 aromatic heterocycles. The minimum Gasteiger partial charge on any atom is -0.313 e. The predicted molar refractivity (Wildman–Crippen MR) is 110 cm³/mol. The van der Waals surface area contributed by atoms with Gasteiger partial charge in [-0.3, -0.25) is 0 Å². The van der Waals surface area contributed by atoms with E-state index in [4.69, 9.17) is 17.2 Å². The Bertz CT molecular complexity index is 1120. The number of hydrogen-bond donors (Lipinski definition) is 1. The van der Waals surface area contributed by atoms with Crippen LogP contribution in [0, 0.1) is 18.6 Å². The van der Waals surface area contributed by atoms with Gasteiger partial charge in [-0.15, -0.1) is 11.3 Å². The van der Waals surface area contributed by atoms with Crippen molar-refractivity contribution >= 4 is 33.8 Å². The summed E-state index contributed by atoms with van der Waals surface area (Å²) in [5.41, 5.74) is 4.34. The van der Waals surface area contributed by atoms with Crippen molar-refractivity contribution in [3.63, 3.8) is 0 Å². The number of quaternary nitrogens is 1. The van der Waals surface area contributed by atoms with Gasteiger partial charge in [-0.25, -0.2) is 4.98 Å². The number of aryl methyl sites for hydroxylation is 2. The van der Waals surface area contributed by atoms with E-state index in [0.717, 1.165) is 28.3 Å². The molecule has 0 amide bonds. The molecular formula is C19H21N6S2+. The molecule has 0 saturated carbocycles. The maximum absolute atomic E-state index is 5.62. The molecule has 138 valence electrons. The van der Waals surface area contributed by atoms with Crippen LogP contribution in [0.25, 0.3) is 15.9 Å². The summed E-state index contributed by atoms with van der Waals surface area (Å²) in [6.07, 6.45) is 0. The molecule has 0 radical (unpaired) electrons. The molecule has 0 aliphatic rings. The fraction of sp³-hybridized carbons (Fsp3) is 0.263. The van der Waals surface area contributed by atoms with E-state index in [1.807, 2.05) is 12.1 Å². The van der Waals surface area contributed by atoms with E-state index in [-0.39, 0.29) is 0 Å². The summed E-state index contributed by atoms with van der Waals surface area (Å²) in [6.45, 7) is 5.57. The third-order valence-electron chi connectivity index (χ3n) is 4.44. The first-order valence-corrected chi connectivity index (χ1v) is 10.00. The topological polar surface area (TPSA) is 53.0 Å². The zero-order chi connectivity index (χ0) is 19.0. The number of para-hydroxylation sites is 1. The monoisotopic (exact) mass is 397 g/mol. The van der Waals surface area contributed by atoms with Gasteiger partial charge in [-0.2, -0.15) is 9.36 Å². The van der Waals surface area contributed by atoms with Gasteiger partial charge in [0.1, 0.15) is 11.6 Å². The number of aromatic nitrogens is 5. The number of nitrogens with one attached hydrogen (secondary N) is 1. The Morgan fingerprint density at radius 3 is 2.74 bits per heavy atom. The Balaban J connectivity index is 1.53. The third-order valence-corrected chi connectivity index (χ3v) is 5.86. The zero-order valence-corrected chi connectivity index (χ0v) is 17.1. The van der Waals surface area contributed by atoms with Gasteiger partial charge >= 0.3 is 0 Å². The molecule has 27 heavy (non-hydrogen) atoms. The predicted octanol–water partition coefficient (Wildman–Crippen LogP) is 2.70. The molecule has 0 bridgehead atoms. The van der Waals surface area contributed by atoms with E-state index in [2.05, 4.69) is 61.7 Å². The lowest BCUT2D eigenvalue weighted by molar-refractivity contribution is -0.917. The van der Waals surface area contributed by atoms with Gasteiger partial charge in [0.2, 0.25) is 4.77 Å². The van der Waals surface area contributed by atoms with E-state index in [1.54, 1.807) is 20.7 Å². The molecule has 1 unspecified atom stereocenters. The molecule has 2 aromatic carbocycles. The van der Waals surface area contributed by atoms with E-state index in [0.29, 0.717) is 11.4 Å². The second kappa shape index (κ2) is 7.30. The highest BCUT2D eigenvalue weighted by Gasteiger charge is 2.14. The highest BCUT2D eigenvalue weighted by molar-refractivity contribution is 7.71. The molecule has 6 nitrogen and oxygen atoms in total. The summed E-state index contributed by atoms with van der Waals surface area (Å²) in [5, 5.41) is 9.67. The zero-order valence-electron chi connectivity index (χ0n) is 15.5. The highest BCUT2D eigenvalue weighted by Crippen LogP contribution is 2.20. The molecular weight excluding hydrogens is 376 g/mol. The average Bonchev–Trinajstić information content (AvgIpc) is 3.20. The van der Waals surface area contributed by atoms with Crippen LogP contribution in [0.1, 0.15) is 16.1 Å². The van der Waals surface area contributed by atoms with Gasteiger partial charge in [0.25, 0.3) is 0 Å². The molecule has 0 saturated heterocycles. The molecule has 4 aromatic rings. The van der Waals surface area contributed by atoms with E-state index in [1.165, 1.54) is 15.2 Å². The highest BCUT2D eigenvalue weighted by atomic mass is 32.1. The van der Waals surface area contributed by atoms with Crippen molar-refractivity contribution < 1.29 is 4.90 Å². The van der Waals surface area contributed by atoms with Crippen molar-refractivity contribution in [2.75, 3.05) is 7.05 Å². The number of rotatable bonds is 5. The Morgan fingerprint density at radius 1 is 1.11 bits per heavy atom. The summed E-state index contributed by atoms with van der Waals surface area (Å²) in [6, 6.07) is 14.5. The van der Waals surface area contributed by atoms with Crippen LogP contribution < -0.4 is 4.90 Å². The number of nitrogens with zero attached hydrogens (tertiary/aromatic N) is 5. The molecule has 0 aliphatic carbocycles. The van der Waals surface area contributed by atoms with E-state index in [9.17, 15) is 0 Å². The number of thiazole rings is 1. The number of hydrogen-bond acceptors (Lipinski definition) is 5. The van der Waals surface area contributed by atoms with Gasteiger partial charge in [0.05, 0.1) is 23.0 Å². The van der Waals surface area contributed by atoms with Crippen LogP contribution in [0.4, 0.5) is 0 Å². The third kappa shape index (κ3) is 3.69. The lowest BCUT2D eigenvalue weighted by Crippen LogP contribution is -3.07. The minimum atomic E-state index is 0.604. The Kier molecular flexibility index (Phi) is 4.86. The second-order valence-corrected chi connectivity index (χ2v) is 8.31. The van der Waals surface area contributed by atoms with Crippen LogP contribution in [0.3, 0.4) is 0 Å². The number of tetrazole rings is 1. The molecule has 0 aliphatic heterocycles. The molecule has 1 N–H and O–H groups in total. The van der Waals surface area contributed by atoms with E-state index >= 15 is 0 Å². The van der Waals surface area contributed by atoms with Gasteiger partial charge < -0.3 is 4.90 Å². The molecule has 1 atom stereocenters. The normalized spacial score (nSPS) is 12.6. The van der Waals surface area contributed by atoms with Crippen molar-refractivity contribution in [3.8, 4) is 5.69 Å². The summed E-state index contributed by atoms with van der Waals surface area (Å²) >= 11 is 7.36. The molecule has 2 heterocycles. The van der Waals surface area contributed by atoms with Crippen molar-refractivity contribution in [2.45, 2.75) is 27.1 Å². The fourth-order valence-corrected chi connectivity index (χ4v) is 4.35.